The minimum atomic E-state index is -0.233. The fourth-order valence-electron chi connectivity index (χ4n) is 4.38. The van der Waals surface area contributed by atoms with Gasteiger partial charge in [0.1, 0.15) is 30.8 Å². The van der Waals surface area contributed by atoms with Gasteiger partial charge in [0.25, 0.3) is 5.91 Å². The second-order valence-corrected chi connectivity index (χ2v) is 8.87. The zero-order chi connectivity index (χ0) is 25.6. The molecule has 9 nitrogen and oxygen atoms in total. The molecule has 0 bridgehead atoms. The second kappa shape index (κ2) is 11.1. The normalized spacial score (nSPS) is 18.0. The smallest absolute Gasteiger partial charge is 0.286 e. The van der Waals surface area contributed by atoms with Gasteiger partial charge >= 0.3 is 0 Å². The molecule has 5 rings (SSSR count). The van der Waals surface area contributed by atoms with E-state index >= 15 is 0 Å². The number of furan rings is 1. The Morgan fingerprint density at radius 2 is 2.03 bits per heavy atom. The highest BCUT2D eigenvalue weighted by Crippen LogP contribution is 2.34. The molecular weight excluding hydrogens is 474 g/mol. The molecule has 2 aromatic heterocycles. The van der Waals surface area contributed by atoms with Gasteiger partial charge in [-0.15, -0.1) is 0 Å². The first-order valence-electron chi connectivity index (χ1n) is 12.2. The standard InChI is InChI=1S/C28H29N3O6/c1-18(32)30-15-19-4-6-24-23(13-19)27(16-31-24)36-12-11-34-21-5-7-25-22(14-21)20(17-37-25)8-9-29-28(33)26-3-2-10-35-26/h2-7,10,13-14,16-17,22,25,31H,8-9,11-12,15H2,1H3,(H,29,33)(H,30,32). The van der Waals surface area contributed by atoms with Crippen LogP contribution in [0.2, 0.25) is 0 Å². The van der Waals surface area contributed by atoms with Gasteiger partial charge in [-0.05, 0) is 60.1 Å². The average molecular weight is 504 g/mol. The van der Waals surface area contributed by atoms with Crippen LogP contribution in [0.4, 0.5) is 0 Å². The number of aromatic nitrogens is 1. The molecule has 3 aromatic rings. The van der Waals surface area contributed by atoms with Crippen LogP contribution >= 0.6 is 0 Å². The number of ether oxygens (including phenoxy) is 3. The molecule has 0 fully saturated rings. The molecule has 1 aliphatic carbocycles. The van der Waals surface area contributed by atoms with Crippen LogP contribution in [0.3, 0.4) is 0 Å². The third kappa shape index (κ3) is 5.88. The summed E-state index contributed by atoms with van der Waals surface area (Å²) in [7, 11) is 0. The predicted octanol–water partition coefficient (Wildman–Crippen LogP) is 3.97. The highest BCUT2D eigenvalue weighted by molar-refractivity contribution is 5.91. The van der Waals surface area contributed by atoms with Crippen molar-refractivity contribution >= 4 is 22.7 Å². The van der Waals surface area contributed by atoms with E-state index in [9.17, 15) is 9.59 Å². The van der Waals surface area contributed by atoms with Crippen molar-refractivity contribution in [2.75, 3.05) is 19.8 Å². The summed E-state index contributed by atoms with van der Waals surface area (Å²) in [4.78, 5) is 26.5. The van der Waals surface area contributed by atoms with E-state index in [-0.39, 0.29) is 23.8 Å². The first-order valence-corrected chi connectivity index (χ1v) is 12.2. The van der Waals surface area contributed by atoms with Crippen LogP contribution in [0.15, 0.2) is 83.0 Å². The molecule has 1 aromatic carbocycles. The number of nitrogens with one attached hydrogen (secondary N) is 3. The van der Waals surface area contributed by atoms with Crippen LogP contribution in [0, 0.1) is 5.92 Å². The van der Waals surface area contributed by atoms with Gasteiger partial charge in [-0.3, -0.25) is 9.59 Å². The molecule has 2 atom stereocenters. The van der Waals surface area contributed by atoms with Crippen molar-refractivity contribution in [3.8, 4) is 5.75 Å². The monoisotopic (exact) mass is 503 g/mol. The maximum atomic E-state index is 12.1. The molecule has 0 radical (unpaired) electrons. The first kappa shape index (κ1) is 24.3. The van der Waals surface area contributed by atoms with Gasteiger partial charge in [0.05, 0.1) is 12.5 Å². The Balaban J connectivity index is 1.10. The number of hydrogen-bond donors (Lipinski definition) is 3. The summed E-state index contributed by atoms with van der Waals surface area (Å²) in [6.07, 6.45) is 11.6. The number of hydrogen-bond acceptors (Lipinski definition) is 6. The number of H-pyrrole nitrogens is 1. The number of fused-ring (bicyclic) bond motifs is 2. The largest absolute Gasteiger partial charge is 0.493 e. The molecular formula is C28H29N3O6. The van der Waals surface area contributed by atoms with Crippen LogP contribution < -0.4 is 15.4 Å². The number of carbonyl (C=O) groups is 2. The minimum Gasteiger partial charge on any atom is -0.493 e. The van der Waals surface area contributed by atoms with Gasteiger partial charge in [-0.2, -0.15) is 0 Å². The SMILES string of the molecule is CC(=O)NCc1ccc2[nH]cc(OCCOC3=CC4C(CCNC(=O)c5ccco5)=COC4C=C3)c2c1. The summed E-state index contributed by atoms with van der Waals surface area (Å²) in [5.41, 5.74) is 3.06. The lowest BCUT2D eigenvalue weighted by molar-refractivity contribution is -0.119. The summed E-state index contributed by atoms with van der Waals surface area (Å²) < 4.78 is 22.8. The third-order valence-electron chi connectivity index (χ3n) is 6.26. The van der Waals surface area contributed by atoms with E-state index < -0.39 is 0 Å². The van der Waals surface area contributed by atoms with E-state index in [4.69, 9.17) is 18.6 Å². The van der Waals surface area contributed by atoms with Gasteiger partial charge in [-0.1, -0.05) is 6.07 Å². The van der Waals surface area contributed by atoms with E-state index in [1.54, 1.807) is 18.4 Å². The van der Waals surface area contributed by atoms with Crippen molar-refractivity contribution in [3.05, 3.63) is 89.9 Å². The minimum absolute atomic E-state index is 0.0581. The van der Waals surface area contributed by atoms with Gasteiger partial charge < -0.3 is 34.2 Å². The fraction of sp³-hybridized carbons (Fsp3) is 0.286. The molecule has 0 spiro atoms. The zero-order valence-corrected chi connectivity index (χ0v) is 20.5. The van der Waals surface area contributed by atoms with Crippen LogP contribution in [0.25, 0.3) is 10.9 Å². The highest BCUT2D eigenvalue weighted by atomic mass is 16.5. The molecule has 1 aliphatic heterocycles. The van der Waals surface area contributed by atoms with Crippen molar-refractivity contribution < 1.29 is 28.2 Å². The molecule has 0 saturated heterocycles. The molecule has 192 valence electrons. The van der Waals surface area contributed by atoms with Crippen molar-refractivity contribution in [3.63, 3.8) is 0 Å². The van der Waals surface area contributed by atoms with Gasteiger partial charge in [0.2, 0.25) is 5.91 Å². The maximum Gasteiger partial charge on any atom is 0.286 e. The quantitative estimate of drug-likeness (QED) is 0.341. The molecule has 2 aliphatic rings. The molecule has 37 heavy (non-hydrogen) atoms. The summed E-state index contributed by atoms with van der Waals surface area (Å²) in [6, 6.07) is 9.27. The number of benzene rings is 1. The number of rotatable bonds is 11. The van der Waals surface area contributed by atoms with Crippen molar-refractivity contribution in [1.29, 1.82) is 0 Å². The Kier molecular flexibility index (Phi) is 7.30. The van der Waals surface area contributed by atoms with Crippen LogP contribution in [-0.4, -0.2) is 42.7 Å². The van der Waals surface area contributed by atoms with Crippen LogP contribution in [0.5, 0.6) is 5.75 Å². The van der Waals surface area contributed by atoms with Gasteiger partial charge in [0, 0.05) is 43.0 Å². The summed E-state index contributed by atoms with van der Waals surface area (Å²) >= 11 is 0. The zero-order valence-electron chi connectivity index (χ0n) is 20.5. The molecule has 9 heteroatoms. The van der Waals surface area contributed by atoms with E-state index in [0.717, 1.165) is 33.5 Å². The topological polar surface area (TPSA) is 115 Å². The number of amides is 2. The molecule has 2 amide bonds. The predicted molar refractivity (Wildman–Crippen MR) is 137 cm³/mol. The lowest BCUT2D eigenvalue weighted by atomic mass is 9.90. The Bertz CT molecular complexity index is 1350. The molecule has 2 unspecified atom stereocenters. The van der Waals surface area contributed by atoms with Crippen LogP contribution in [0.1, 0.15) is 29.5 Å². The Hall–Kier alpha value is -4.40. The van der Waals surface area contributed by atoms with E-state index in [1.165, 1.54) is 13.2 Å². The van der Waals surface area contributed by atoms with Crippen molar-refractivity contribution in [2.24, 2.45) is 5.92 Å². The summed E-state index contributed by atoms with van der Waals surface area (Å²) in [5.74, 6) is 1.56. The average Bonchev–Trinajstić information content (AvgIpc) is 3.66. The van der Waals surface area contributed by atoms with Gasteiger partial charge in [-0.25, -0.2) is 0 Å². The van der Waals surface area contributed by atoms with Crippen LogP contribution in [-0.2, 0) is 20.8 Å². The second-order valence-electron chi connectivity index (χ2n) is 8.87. The molecule has 3 heterocycles. The fourth-order valence-corrected chi connectivity index (χ4v) is 4.38. The van der Waals surface area contributed by atoms with E-state index in [2.05, 4.69) is 21.7 Å². The Morgan fingerprint density at radius 1 is 1.14 bits per heavy atom. The van der Waals surface area contributed by atoms with E-state index in [1.807, 2.05) is 36.5 Å². The number of aromatic amines is 1. The lowest BCUT2D eigenvalue weighted by Crippen LogP contribution is -2.25. The Labute approximate surface area is 214 Å². The Morgan fingerprint density at radius 3 is 2.86 bits per heavy atom. The molecule has 0 saturated carbocycles. The maximum absolute atomic E-state index is 12.1. The first-order chi connectivity index (χ1) is 18.1. The van der Waals surface area contributed by atoms with E-state index in [0.29, 0.717) is 38.5 Å². The third-order valence-corrected chi connectivity index (χ3v) is 6.26. The number of allylic oxidation sites excluding steroid dienone is 1. The summed E-state index contributed by atoms with van der Waals surface area (Å²) in [5, 5.41) is 6.63. The number of carbonyl (C=O) groups excluding carboxylic acids is 2. The van der Waals surface area contributed by atoms with Gasteiger partial charge in [0.15, 0.2) is 5.76 Å². The van der Waals surface area contributed by atoms with Crippen molar-refractivity contribution in [2.45, 2.75) is 26.0 Å². The van der Waals surface area contributed by atoms with Crippen molar-refractivity contribution in [1.82, 2.24) is 15.6 Å². The molecule has 3 N–H and O–H groups in total. The summed E-state index contributed by atoms with van der Waals surface area (Å²) in [6.45, 7) is 3.21. The highest BCUT2D eigenvalue weighted by Gasteiger charge is 2.30. The lowest BCUT2D eigenvalue weighted by Gasteiger charge is -2.21.